The van der Waals surface area contributed by atoms with Gasteiger partial charge in [0.2, 0.25) is 10.0 Å². The summed E-state index contributed by atoms with van der Waals surface area (Å²) in [5.41, 5.74) is 0.788. The zero-order valence-electron chi connectivity index (χ0n) is 15.3. The van der Waals surface area contributed by atoms with Crippen LogP contribution in [0.4, 0.5) is 5.69 Å². The fraction of sp³-hybridized carbons (Fsp3) is 0.263. The Hall–Kier alpha value is -2.32. The first-order valence-electron chi connectivity index (χ1n) is 8.14. The van der Waals surface area contributed by atoms with Crippen LogP contribution in [0.15, 0.2) is 59.5 Å². The van der Waals surface area contributed by atoms with Crippen molar-refractivity contribution >= 4 is 39.2 Å². The molecule has 27 heavy (non-hydrogen) atoms. The number of thioether (sulfide) groups is 1. The Morgan fingerprint density at radius 1 is 1.07 bits per heavy atom. The third kappa shape index (κ3) is 6.11. The Balaban J connectivity index is 1.90. The summed E-state index contributed by atoms with van der Waals surface area (Å²) in [6, 6.07) is 15.5. The van der Waals surface area contributed by atoms with Gasteiger partial charge in [-0.1, -0.05) is 18.2 Å². The number of rotatable bonds is 8. The molecular formula is C19H21NO5S2. The topological polar surface area (TPSA) is 80.8 Å². The summed E-state index contributed by atoms with van der Waals surface area (Å²) in [4.78, 5) is 25.2. The highest BCUT2D eigenvalue weighted by Crippen LogP contribution is 2.23. The van der Waals surface area contributed by atoms with Gasteiger partial charge >= 0.3 is 5.97 Å². The van der Waals surface area contributed by atoms with E-state index >= 15 is 0 Å². The molecule has 0 fully saturated rings. The van der Waals surface area contributed by atoms with E-state index in [-0.39, 0.29) is 12.4 Å². The van der Waals surface area contributed by atoms with Crippen LogP contribution in [0, 0.1) is 0 Å². The number of nitrogens with zero attached hydrogens (tertiary/aromatic N) is 1. The largest absolute Gasteiger partial charge is 0.456 e. The Bertz CT molecular complexity index is 895. The minimum Gasteiger partial charge on any atom is -0.456 e. The third-order valence-corrected chi connectivity index (χ3v) is 6.08. The molecule has 0 aliphatic rings. The van der Waals surface area contributed by atoms with E-state index in [0.717, 1.165) is 15.5 Å². The molecule has 144 valence electrons. The lowest BCUT2D eigenvalue weighted by atomic mass is 10.1. The highest BCUT2D eigenvalue weighted by molar-refractivity contribution is 8.00. The summed E-state index contributed by atoms with van der Waals surface area (Å²) in [5.74, 6) is -0.820. The lowest BCUT2D eigenvalue weighted by Gasteiger charge is -2.16. The van der Waals surface area contributed by atoms with Gasteiger partial charge in [-0.15, -0.1) is 11.8 Å². The second-order valence-electron chi connectivity index (χ2n) is 5.88. The van der Waals surface area contributed by atoms with Gasteiger partial charge in [0, 0.05) is 17.5 Å². The monoisotopic (exact) mass is 407 g/mol. The molecule has 1 atom stereocenters. The standard InChI is InChI=1S/C19H21NO5S2/c1-14(26-17-7-5-4-6-8-17)19(22)25-13-18(21)15-9-11-16(12-10-15)20(2)27(3,23)24/h4-12,14H,13H2,1-3H3/t14-/m1/s1. The zero-order valence-corrected chi connectivity index (χ0v) is 16.9. The van der Waals surface area contributed by atoms with E-state index in [1.807, 2.05) is 30.3 Å². The summed E-state index contributed by atoms with van der Waals surface area (Å²) in [6.45, 7) is 1.36. The van der Waals surface area contributed by atoms with E-state index in [9.17, 15) is 18.0 Å². The van der Waals surface area contributed by atoms with Gasteiger partial charge in [0.05, 0.1) is 11.9 Å². The molecule has 0 saturated carbocycles. The maximum Gasteiger partial charge on any atom is 0.319 e. The molecule has 0 heterocycles. The number of carbonyl (C=O) groups excluding carboxylic acids is 2. The van der Waals surface area contributed by atoms with E-state index in [1.165, 1.54) is 43.1 Å². The molecule has 2 aromatic rings. The number of anilines is 1. The Morgan fingerprint density at radius 3 is 2.22 bits per heavy atom. The number of hydrogen-bond donors (Lipinski definition) is 0. The molecule has 0 spiro atoms. The molecule has 2 rings (SSSR count). The predicted octanol–water partition coefficient (Wildman–Crippen LogP) is 2.99. The average Bonchev–Trinajstić information content (AvgIpc) is 2.65. The fourth-order valence-corrected chi connectivity index (χ4v) is 3.53. The highest BCUT2D eigenvalue weighted by Gasteiger charge is 2.18. The number of carbonyl (C=O) groups is 2. The van der Waals surface area contributed by atoms with Crippen molar-refractivity contribution in [3.63, 3.8) is 0 Å². The second kappa shape index (κ2) is 9.05. The van der Waals surface area contributed by atoms with Gasteiger partial charge in [-0.25, -0.2) is 8.42 Å². The number of benzene rings is 2. The molecule has 0 unspecified atom stereocenters. The zero-order chi connectivity index (χ0) is 20.0. The van der Waals surface area contributed by atoms with Crippen molar-refractivity contribution in [1.82, 2.24) is 0 Å². The maximum absolute atomic E-state index is 12.2. The van der Waals surface area contributed by atoms with Gasteiger partial charge in [0.25, 0.3) is 0 Å². The van der Waals surface area contributed by atoms with E-state index in [0.29, 0.717) is 11.3 Å². The van der Waals surface area contributed by atoms with Crippen molar-refractivity contribution in [3.05, 3.63) is 60.2 Å². The first kappa shape index (κ1) is 21.0. The van der Waals surface area contributed by atoms with Crippen LogP contribution in [0.2, 0.25) is 0 Å². The number of Topliss-reactive ketones (excluding diaryl/α,β-unsaturated/α-hetero) is 1. The van der Waals surface area contributed by atoms with E-state index < -0.39 is 21.2 Å². The van der Waals surface area contributed by atoms with Crippen molar-refractivity contribution in [2.24, 2.45) is 0 Å². The molecule has 0 bridgehead atoms. The van der Waals surface area contributed by atoms with Gasteiger partial charge in [-0.3, -0.25) is 13.9 Å². The van der Waals surface area contributed by atoms with Crippen molar-refractivity contribution in [3.8, 4) is 0 Å². The minimum absolute atomic E-state index is 0.344. The highest BCUT2D eigenvalue weighted by atomic mass is 32.2. The van der Waals surface area contributed by atoms with Crippen LogP contribution >= 0.6 is 11.8 Å². The van der Waals surface area contributed by atoms with Crippen molar-refractivity contribution in [1.29, 1.82) is 0 Å². The predicted molar refractivity (Wildman–Crippen MR) is 107 cm³/mol. The van der Waals surface area contributed by atoms with Crippen LogP contribution in [0.1, 0.15) is 17.3 Å². The Morgan fingerprint density at radius 2 is 1.67 bits per heavy atom. The third-order valence-electron chi connectivity index (χ3n) is 3.78. The summed E-state index contributed by atoms with van der Waals surface area (Å²) in [6.07, 6.45) is 1.10. The van der Waals surface area contributed by atoms with Crippen LogP contribution in [0.25, 0.3) is 0 Å². The number of ether oxygens (including phenoxy) is 1. The SMILES string of the molecule is C[C@@H](Sc1ccccc1)C(=O)OCC(=O)c1ccc(N(C)S(C)(=O)=O)cc1. The summed E-state index contributed by atoms with van der Waals surface area (Å²) < 4.78 is 29.3. The van der Waals surface area contributed by atoms with Crippen molar-refractivity contribution in [2.75, 3.05) is 24.2 Å². The van der Waals surface area contributed by atoms with Crippen molar-refractivity contribution < 1.29 is 22.7 Å². The lowest BCUT2D eigenvalue weighted by Crippen LogP contribution is -2.25. The normalized spacial score (nSPS) is 12.3. The number of hydrogen-bond acceptors (Lipinski definition) is 6. The first-order valence-corrected chi connectivity index (χ1v) is 10.9. The summed E-state index contributed by atoms with van der Waals surface area (Å²) >= 11 is 1.36. The van der Waals surface area contributed by atoms with Crippen molar-refractivity contribution in [2.45, 2.75) is 17.1 Å². The van der Waals surface area contributed by atoms with Crippen LogP contribution in [0.5, 0.6) is 0 Å². The minimum atomic E-state index is -3.37. The number of esters is 1. The van der Waals surface area contributed by atoms with Gasteiger partial charge in [-0.05, 0) is 43.3 Å². The molecule has 6 nitrogen and oxygen atoms in total. The Kier molecular flexibility index (Phi) is 7.04. The fourth-order valence-electron chi connectivity index (χ4n) is 2.14. The Labute approximate surface area is 163 Å². The number of ketones is 1. The molecule has 0 saturated heterocycles. The lowest BCUT2D eigenvalue weighted by molar-refractivity contribution is -0.141. The smallest absolute Gasteiger partial charge is 0.319 e. The summed E-state index contributed by atoms with van der Waals surface area (Å²) in [7, 11) is -1.94. The quantitative estimate of drug-likeness (QED) is 0.380. The first-order chi connectivity index (χ1) is 12.7. The average molecular weight is 408 g/mol. The van der Waals surface area contributed by atoms with E-state index in [2.05, 4.69) is 0 Å². The van der Waals surface area contributed by atoms with Gasteiger partial charge in [-0.2, -0.15) is 0 Å². The molecular weight excluding hydrogens is 386 g/mol. The summed E-state index contributed by atoms with van der Waals surface area (Å²) in [5, 5.41) is -0.439. The van der Waals surface area contributed by atoms with Crippen LogP contribution in [0.3, 0.4) is 0 Å². The number of sulfonamides is 1. The van der Waals surface area contributed by atoms with Crippen LogP contribution < -0.4 is 4.31 Å². The van der Waals surface area contributed by atoms with Crippen LogP contribution in [-0.4, -0.2) is 45.3 Å². The molecule has 0 radical (unpaired) electrons. The molecule has 0 amide bonds. The van der Waals surface area contributed by atoms with Gasteiger partial charge in [0.15, 0.2) is 12.4 Å². The van der Waals surface area contributed by atoms with E-state index in [1.54, 1.807) is 6.92 Å². The van der Waals surface area contributed by atoms with Crippen LogP contribution in [-0.2, 0) is 19.6 Å². The van der Waals surface area contributed by atoms with Gasteiger partial charge < -0.3 is 4.74 Å². The molecule has 2 aromatic carbocycles. The van der Waals surface area contributed by atoms with Gasteiger partial charge in [0.1, 0.15) is 5.25 Å². The molecule has 8 heteroatoms. The molecule has 0 aliphatic heterocycles. The molecule has 0 N–H and O–H groups in total. The van der Waals surface area contributed by atoms with E-state index in [4.69, 9.17) is 4.74 Å². The second-order valence-corrected chi connectivity index (χ2v) is 9.31. The maximum atomic E-state index is 12.2. The molecule has 0 aliphatic carbocycles. The molecule has 0 aromatic heterocycles.